The minimum absolute atomic E-state index is 1.27. The highest BCUT2D eigenvalue weighted by Gasteiger charge is 3.02. The highest BCUT2D eigenvalue weighted by atomic mass is 33.5. The lowest BCUT2D eigenvalue weighted by atomic mass is 9.81. The third-order valence-corrected chi connectivity index (χ3v) is 8.12. The van der Waals surface area contributed by atoms with Gasteiger partial charge in [0.1, 0.15) is 0 Å². The summed E-state index contributed by atoms with van der Waals surface area (Å²) in [4.78, 5) is 0. The van der Waals surface area contributed by atoms with Gasteiger partial charge >= 0.3 is 45.5 Å². The highest BCUT2D eigenvalue weighted by Crippen LogP contribution is 2.79. The van der Waals surface area contributed by atoms with Crippen molar-refractivity contribution in [2.45, 2.75) is 45.5 Å². The Labute approximate surface area is 139 Å². The van der Waals surface area contributed by atoms with E-state index in [1.807, 2.05) is 0 Å². The third-order valence-electron chi connectivity index (χ3n) is 3.49. The average molecular weight is 458 g/mol. The first-order chi connectivity index (χ1) is 10.7. The quantitative estimate of drug-likeness (QED) is 0.365. The van der Waals surface area contributed by atoms with Crippen LogP contribution < -0.4 is 0 Å². The van der Waals surface area contributed by atoms with Crippen molar-refractivity contribution in [2.75, 3.05) is 0 Å². The van der Waals surface area contributed by atoms with E-state index in [1.165, 1.54) is 0 Å². The van der Waals surface area contributed by atoms with Gasteiger partial charge in [0.05, 0.1) is 0 Å². The van der Waals surface area contributed by atoms with Crippen molar-refractivity contribution < 1.29 is 61.5 Å². The minimum Gasteiger partial charge on any atom is -0.217 e. The summed E-state index contributed by atoms with van der Waals surface area (Å²) < 4.78 is 180. The molecular weight excluding hydrogens is 458 g/mol. The van der Waals surface area contributed by atoms with Crippen molar-refractivity contribution >= 4 is 31.4 Å². The molecule has 0 saturated heterocycles. The Hall–Kier alpha value is 0.0700. The number of hydrogen-bond acceptors (Lipinski definition) is 3. The Balaban J connectivity index is 2.17. The van der Waals surface area contributed by atoms with E-state index in [9.17, 15) is 61.5 Å². The maximum Gasteiger partial charge on any atom is 0.381 e. The second-order valence-corrected chi connectivity index (χ2v) is 9.10. The molecule has 0 aliphatic heterocycles. The summed E-state index contributed by atoms with van der Waals surface area (Å²) in [5.74, 6) is -36.7. The van der Waals surface area contributed by atoms with Crippen LogP contribution in [-0.2, 0) is 0 Å². The van der Waals surface area contributed by atoms with Crippen LogP contribution in [0.4, 0.5) is 61.5 Å². The third kappa shape index (κ3) is 1.83. The Bertz CT molecular complexity index is 499. The predicted molar refractivity (Wildman–Crippen MR) is 60.1 cm³/mol. The first-order valence-electron chi connectivity index (χ1n) is 5.39. The fourth-order valence-electron chi connectivity index (χ4n) is 1.79. The number of hydrogen-bond donors (Lipinski definition) is 0. The predicted octanol–water partition coefficient (Wildman–Crippen LogP) is 6.19. The summed E-state index contributed by atoms with van der Waals surface area (Å²) >= 11 is 0. The van der Waals surface area contributed by atoms with Gasteiger partial charge in [-0.25, -0.2) is 8.78 Å². The van der Waals surface area contributed by atoms with E-state index >= 15 is 0 Å². The number of rotatable bonds is 4. The zero-order valence-electron chi connectivity index (χ0n) is 10.5. The van der Waals surface area contributed by atoms with Crippen LogP contribution in [0.5, 0.6) is 0 Å². The molecule has 0 radical (unpaired) electrons. The summed E-state index contributed by atoms with van der Waals surface area (Å²) in [6.07, 6.45) is 0. The topological polar surface area (TPSA) is 0 Å². The van der Waals surface area contributed by atoms with Gasteiger partial charge in [-0.1, -0.05) is 0 Å². The standard InChI is InChI=1S/C8F14S3/c9-1(10)3(13,14)7(21,4(1,15)16)23-25-24-8(22)5(17,18)2(11,12)6(8,19)20. The van der Waals surface area contributed by atoms with Crippen LogP contribution in [0.15, 0.2) is 0 Å². The molecule has 25 heavy (non-hydrogen) atoms. The molecule has 0 heterocycles. The SMILES string of the molecule is FC1(F)C(F)(F)C(F)(SSSC2(F)C(F)(F)C(F)(F)C2(F)F)C1(F)F. The zero-order valence-corrected chi connectivity index (χ0v) is 13.0. The Kier molecular flexibility index (Phi) is 4.20. The molecule has 0 nitrogen and oxygen atoms in total. The van der Waals surface area contributed by atoms with E-state index in [4.69, 9.17) is 0 Å². The summed E-state index contributed by atoms with van der Waals surface area (Å²) in [7, 11) is -4.59. The van der Waals surface area contributed by atoms with Crippen LogP contribution in [0.25, 0.3) is 0 Å². The molecule has 0 bridgehead atoms. The van der Waals surface area contributed by atoms with E-state index in [-0.39, 0.29) is 0 Å². The van der Waals surface area contributed by atoms with Crippen molar-refractivity contribution in [3.8, 4) is 0 Å². The van der Waals surface area contributed by atoms with E-state index in [2.05, 4.69) is 0 Å². The number of alkyl halides is 14. The van der Waals surface area contributed by atoms with Crippen LogP contribution in [0.1, 0.15) is 0 Å². The molecule has 17 heteroatoms. The summed E-state index contributed by atoms with van der Waals surface area (Å²) in [5, 5.41) is -11.0. The van der Waals surface area contributed by atoms with Gasteiger partial charge < -0.3 is 0 Å². The van der Waals surface area contributed by atoms with Gasteiger partial charge in [-0.3, -0.25) is 0 Å². The lowest BCUT2D eigenvalue weighted by Crippen LogP contribution is -2.83. The first kappa shape index (κ1) is 21.4. The maximum atomic E-state index is 13.5. The van der Waals surface area contributed by atoms with Crippen LogP contribution in [0.3, 0.4) is 0 Å². The smallest absolute Gasteiger partial charge is 0.217 e. The van der Waals surface area contributed by atoms with Gasteiger partial charge in [-0.2, -0.15) is 52.7 Å². The van der Waals surface area contributed by atoms with Crippen molar-refractivity contribution in [2.24, 2.45) is 0 Å². The van der Waals surface area contributed by atoms with Gasteiger partial charge in [0.25, 0.3) is 0 Å². The van der Waals surface area contributed by atoms with Gasteiger partial charge in [-0.15, -0.1) is 0 Å². The van der Waals surface area contributed by atoms with Crippen molar-refractivity contribution in [3.05, 3.63) is 0 Å². The van der Waals surface area contributed by atoms with Gasteiger partial charge in [0.2, 0.25) is 0 Å². The lowest BCUT2D eigenvalue weighted by molar-refractivity contribution is -0.444. The van der Waals surface area contributed by atoms with E-state index in [0.717, 1.165) is 0 Å². The van der Waals surface area contributed by atoms with Crippen molar-refractivity contribution in [1.82, 2.24) is 0 Å². The maximum absolute atomic E-state index is 13.5. The summed E-state index contributed by atoms with van der Waals surface area (Å²) in [5.41, 5.74) is 0. The Morgan fingerprint density at radius 2 is 0.520 bits per heavy atom. The second-order valence-electron chi connectivity index (χ2n) is 4.87. The second kappa shape index (κ2) is 4.91. The normalized spacial score (nSPS) is 33.8. The molecule has 0 aromatic carbocycles. The van der Waals surface area contributed by atoms with Gasteiger partial charge in [-0.05, 0) is 31.4 Å². The molecule has 0 atom stereocenters. The van der Waals surface area contributed by atoms with Gasteiger partial charge in [0.15, 0.2) is 0 Å². The molecule has 0 aromatic heterocycles. The molecule has 2 aliphatic rings. The van der Waals surface area contributed by atoms with Crippen LogP contribution in [0, 0.1) is 0 Å². The van der Waals surface area contributed by atoms with Crippen LogP contribution in [0.2, 0.25) is 0 Å². The molecule has 0 N–H and O–H groups in total. The molecule has 0 aromatic rings. The van der Waals surface area contributed by atoms with Crippen LogP contribution >= 0.6 is 31.4 Å². The summed E-state index contributed by atoms with van der Waals surface area (Å²) in [6.45, 7) is 0. The fraction of sp³-hybridized carbons (Fsp3) is 1.00. The zero-order chi connectivity index (χ0) is 20.1. The van der Waals surface area contributed by atoms with Crippen molar-refractivity contribution in [3.63, 3.8) is 0 Å². The lowest BCUT2D eigenvalue weighted by Gasteiger charge is -2.54. The van der Waals surface area contributed by atoms with Crippen LogP contribution in [-0.4, -0.2) is 45.5 Å². The molecule has 2 aliphatic carbocycles. The average Bonchev–Trinajstić information content (AvgIpc) is 2.44. The van der Waals surface area contributed by atoms with Gasteiger partial charge in [0, 0.05) is 0 Å². The monoisotopic (exact) mass is 458 g/mol. The molecule has 0 unspecified atom stereocenters. The molecular formula is C8F14S3. The Morgan fingerprint density at radius 1 is 0.320 bits per heavy atom. The molecule has 2 saturated carbocycles. The fourth-order valence-corrected chi connectivity index (χ4v) is 6.86. The molecule has 2 fully saturated rings. The first-order valence-corrected chi connectivity index (χ1v) is 8.87. The van der Waals surface area contributed by atoms with E-state index in [0.29, 0.717) is 0 Å². The molecule has 0 spiro atoms. The molecule has 2 rings (SSSR count). The van der Waals surface area contributed by atoms with E-state index in [1.54, 1.807) is 0 Å². The molecule has 148 valence electrons. The summed E-state index contributed by atoms with van der Waals surface area (Å²) in [6, 6.07) is 0. The number of halogens is 14. The molecule has 0 amide bonds. The highest BCUT2D eigenvalue weighted by molar-refractivity contribution is 9.09. The largest absolute Gasteiger partial charge is 0.381 e. The Morgan fingerprint density at radius 3 is 0.720 bits per heavy atom. The van der Waals surface area contributed by atoms with Crippen molar-refractivity contribution in [1.29, 1.82) is 0 Å². The minimum atomic E-state index is -6.20. The van der Waals surface area contributed by atoms with E-state index < -0.39 is 77.0 Å².